The van der Waals surface area contributed by atoms with E-state index in [9.17, 15) is 13.2 Å². The minimum atomic E-state index is -3.54. The van der Waals surface area contributed by atoms with Crippen LogP contribution in [0.1, 0.15) is 16.5 Å². The van der Waals surface area contributed by atoms with Crippen molar-refractivity contribution in [2.75, 3.05) is 59.0 Å². The van der Waals surface area contributed by atoms with Gasteiger partial charge >= 0.3 is 6.03 Å². The van der Waals surface area contributed by atoms with Crippen LogP contribution in [0.2, 0.25) is 0 Å². The molecule has 1 N–H and O–H groups in total. The predicted molar refractivity (Wildman–Crippen MR) is 124 cm³/mol. The van der Waals surface area contributed by atoms with Crippen molar-refractivity contribution in [2.45, 2.75) is 17.9 Å². The van der Waals surface area contributed by atoms with Gasteiger partial charge < -0.3 is 15.0 Å². The van der Waals surface area contributed by atoms with Gasteiger partial charge in [0.25, 0.3) is 0 Å². The molecule has 1 unspecified atom stereocenters. The average Bonchev–Trinajstić information content (AvgIpc) is 3.35. The lowest BCUT2D eigenvalue weighted by atomic mass is 10.2. The fraction of sp³-hybridized carbons (Fsp3) is 0.500. The number of sulfonamides is 1. The van der Waals surface area contributed by atoms with Crippen molar-refractivity contribution in [1.82, 2.24) is 19.4 Å². The highest BCUT2D eigenvalue weighted by molar-refractivity contribution is 7.89. The van der Waals surface area contributed by atoms with Crippen LogP contribution in [0.15, 0.2) is 46.7 Å². The summed E-state index contributed by atoms with van der Waals surface area (Å²) in [6.45, 7) is 6.86. The van der Waals surface area contributed by atoms with Gasteiger partial charge in [-0.05, 0) is 30.5 Å². The SMILES string of the molecule is Cc1ccc(S(=O)(=O)N2CCN(C(=O)NCC(c3cccs3)N3CCOCC3)CC2)cc1. The molecule has 32 heavy (non-hydrogen) atoms. The van der Waals surface area contributed by atoms with E-state index in [1.807, 2.05) is 13.0 Å². The maximum absolute atomic E-state index is 12.9. The number of aryl methyl sites for hydroxylation is 1. The Morgan fingerprint density at radius 2 is 1.75 bits per heavy atom. The van der Waals surface area contributed by atoms with Crippen molar-refractivity contribution >= 4 is 27.4 Å². The van der Waals surface area contributed by atoms with E-state index in [4.69, 9.17) is 4.74 Å². The first kappa shape index (κ1) is 23.2. The van der Waals surface area contributed by atoms with Gasteiger partial charge in [-0.3, -0.25) is 4.90 Å². The molecular formula is C22H30N4O4S2. The summed E-state index contributed by atoms with van der Waals surface area (Å²) >= 11 is 1.69. The number of ether oxygens (including phenoxy) is 1. The minimum Gasteiger partial charge on any atom is -0.379 e. The Morgan fingerprint density at radius 1 is 1.06 bits per heavy atom. The Balaban J connectivity index is 1.32. The van der Waals surface area contributed by atoms with Crippen LogP contribution in [0, 0.1) is 6.92 Å². The fourth-order valence-corrected chi connectivity index (χ4v) is 6.35. The maximum atomic E-state index is 12.9. The number of nitrogens with one attached hydrogen (secondary N) is 1. The fourth-order valence-electron chi connectivity index (χ4n) is 4.07. The molecule has 4 rings (SSSR count). The van der Waals surface area contributed by atoms with Gasteiger partial charge in [0.15, 0.2) is 0 Å². The molecule has 0 saturated carbocycles. The molecule has 2 aliphatic rings. The number of amides is 2. The zero-order chi connectivity index (χ0) is 22.6. The number of hydrogen-bond acceptors (Lipinski definition) is 6. The molecule has 3 heterocycles. The summed E-state index contributed by atoms with van der Waals surface area (Å²) in [6.07, 6.45) is 0. The molecule has 0 radical (unpaired) electrons. The van der Waals surface area contributed by atoms with Gasteiger partial charge in [-0.15, -0.1) is 11.3 Å². The van der Waals surface area contributed by atoms with Crippen molar-refractivity contribution in [3.63, 3.8) is 0 Å². The van der Waals surface area contributed by atoms with Gasteiger partial charge in [0, 0.05) is 50.7 Å². The third kappa shape index (κ3) is 5.32. The molecule has 0 spiro atoms. The quantitative estimate of drug-likeness (QED) is 0.688. The minimum absolute atomic E-state index is 0.117. The Morgan fingerprint density at radius 3 is 2.38 bits per heavy atom. The molecule has 0 aliphatic carbocycles. The Bertz CT molecular complexity index is 981. The van der Waals surface area contributed by atoms with Crippen LogP contribution in [0.3, 0.4) is 0 Å². The van der Waals surface area contributed by atoms with Gasteiger partial charge in [-0.2, -0.15) is 4.31 Å². The van der Waals surface area contributed by atoms with Crippen LogP contribution >= 0.6 is 11.3 Å². The molecule has 1 aromatic heterocycles. The molecule has 10 heteroatoms. The first-order valence-corrected chi connectivity index (χ1v) is 13.2. The number of urea groups is 1. The lowest BCUT2D eigenvalue weighted by molar-refractivity contribution is 0.0171. The summed E-state index contributed by atoms with van der Waals surface area (Å²) in [4.78, 5) is 18.4. The molecule has 2 aliphatic heterocycles. The van der Waals surface area contributed by atoms with Gasteiger partial charge in [-0.1, -0.05) is 23.8 Å². The van der Waals surface area contributed by atoms with Crippen molar-refractivity contribution in [1.29, 1.82) is 0 Å². The lowest BCUT2D eigenvalue weighted by Crippen LogP contribution is -2.54. The van der Waals surface area contributed by atoms with E-state index in [1.165, 1.54) is 9.18 Å². The number of rotatable bonds is 6. The highest BCUT2D eigenvalue weighted by Crippen LogP contribution is 2.25. The number of hydrogen-bond donors (Lipinski definition) is 1. The van der Waals surface area contributed by atoms with Crippen molar-refractivity contribution in [2.24, 2.45) is 0 Å². The van der Waals surface area contributed by atoms with Crippen LogP contribution in [0.5, 0.6) is 0 Å². The monoisotopic (exact) mass is 478 g/mol. The number of benzene rings is 1. The van der Waals surface area contributed by atoms with Crippen molar-refractivity contribution < 1.29 is 17.9 Å². The number of carbonyl (C=O) groups is 1. The molecule has 2 amide bonds. The molecular weight excluding hydrogens is 448 g/mol. The van der Waals surface area contributed by atoms with Crippen molar-refractivity contribution in [3.05, 3.63) is 52.2 Å². The zero-order valence-corrected chi connectivity index (χ0v) is 19.9. The standard InChI is InChI=1S/C22H30N4O4S2/c1-18-4-6-19(7-5-18)32(28,29)26-10-8-25(9-11-26)22(27)23-17-20(21-3-2-16-31-21)24-12-14-30-15-13-24/h2-7,16,20H,8-15,17H2,1H3,(H,23,27). The summed E-state index contributed by atoms with van der Waals surface area (Å²) in [6, 6.07) is 11.0. The zero-order valence-electron chi connectivity index (χ0n) is 18.3. The van der Waals surface area contributed by atoms with E-state index in [1.54, 1.807) is 40.5 Å². The number of piperazine rings is 1. The van der Waals surface area contributed by atoms with Crippen LogP contribution in [-0.4, -0.2) is 87.6 Å². The van der Waals surface area contributed by atoms with Crippen LogP contribution in [0.25, 0.3) is 0 Å². The molecule has 8 nitrogen and oxygen atoms in total. The van der Waals surface area contributed by atoms with Gasteiger partial charge in [0.1, 0.15) is 0 Å². The average molecular weight is 479 g/mol. The molecule has 0 bridgehead atoms. The van der Waals surface area contributed by atoms with E-state index < -0.39 is 10.0 Å². The second-order valence-corrected chi connectivity index (χ2v) is 11.0. The summed E-state index contributed by atoms with van der Waals surface area (Å²) in [7, 11) is -3.54. The second-order valence-electron chi connectivity index (χ2n) is 8.07. The highest BCUT2D eigenvalue weighted by Gasteiger charge is 2.31. The van der Waals surface area contributed by atoms with Gasteiger partial charge in [0.05, 0.1) is 24.2 Å². The molecule has 2 saturated heterocycles. The molecule has 1 atom stereocenters. The molecule has 1 aromatic carbocycles. The van der Waals surface area contributed by atoms with Crippen LogP contribution in [-0.2, 0) is 14.8 Å². The topological polar surface area (TPSA) is 82.2 Å². The third-order valence-corrected chi connectivity index (χ3v) is 8.88. The Labute approximate surface area is 193 Å². The van der Waals surface area contributed by atoms with E-state index in [-0.39, 0.29) is 12.1 Å². The van der Waals surface area contributed by atoms with Gasteiger partial charge in [-0.25, -0.2) is 13.2 Å². The largest absolute Gasteiger partial charge is 0.379 e. The normalized spacial score (nSPS) is 19.6. The molecule has 2 fully saturated rings. The number of morpholine rings is 1. The summed E-state index contributed by atoms with van der Waals surface area (Å²) in [5, 5.41) is 5.13. The second kappa shape index (κ2) is 10.3. The molecule has 2 aromatic rings. The predicted octanol–water partition coefficient (Wildman–Crippen LogP) is 2.15. The number of thiophene rings is 1. The van der Waals surface area contributed by atoms with E-state index >= 15 is 0 Å². The molecule has 174 valence electrons. The van der Waals surface area contributed by atoms with Crippen LogP contribution in [0.4, 0.5) is 4.79 Å². The first-order chi connectivity index (χ1) is 15.4. The maximum Gasteiger partial charge on any atom is 0.317 e. The smallest absolute Gasteiger partial charge is 0.317 e. The lowest BCUT2D eigenvalue weighted by Gasteiger charge is -2.36. The van der Waals surface area contributed by atoms with Crippen molar-refractivity contribution in [3.8, 4) is 0 Å². The van der Waals surface area contributed by atoms with Crippen LogP contribution < -0.4 is 5.32 Å². The first-order valence-electron chi connectivity index (χ1n) is 10.9. The Hall–Kier alpha value is -1.98. The highest BCUT2D eigenvalue weighted by atomic mass is 32.2. The Kier molecular flexibility index (Phi) is 7.47. The number of nitrogens with zero attached hydrogens (tertiary/aromatic N) is 3. The van der Waals surface area contributed by atoms with E-state index in [0.717, 1.165) is 18.7 Å². The van der Waals surface area contributed by atoms with E-state index in [2.05, 4.69) is 21.7 Å². The summed E-state index contributed by atoms with van der Waals surface area (Å²) in [5.74, 6) is 0. The third-order valence-electron chi connectivity index (χ3n) is 5.99. The number of carbonyl (C=O) groups excluding carboxylic acids is 1. The van der Waals surface area contributed by atoms with Gasteiger partial charge in [0.2, 0.25) is 10.0 Å². The van der Waals surface area contributed by atoms with E-state index in [0.29, 0.717) is 50.8 Å². The summed E-state index contributed by atoms with van der Waals surface area (Å²) < 4.78 is 32.7. The summed E-state index contributed by atoms with van der Waals surface area (Å²) in [5.41, 5.74) is 1.02.